The Labute approximate surface area is 152 Å². The van der Waals surface area contributed by atoms with Crippen molar-refractivity contribution in [3.8, 4) is 5.69 Å². The molecule has 2 saturated heterocycles. The van der Waals surface area contributed by atoms with Gasteiger partial charge in [-0.15, -0.1) is 5.10 Å². The summed E-state index contributed by atoms with van der Waals surface area (Å²) in [5, 5.41) is 11.1. The van der Waals surface area contributed by atoms with Crippen LogP contribution in [0.2, 0.25) is 0 Å². The maximum absolute atomic E-state index is 12.9. The highest BCUT2D eigenvalue weighted by Gasteiger charge is 2.36. The first kappa shape index (κ1) is 17.1. The highest BCUT2D eigenvalue weighted by Crippen LogP contribution is 2.22. The van der Waals surface area contributed by atoms with E-state index in [0.717, 1.165) is 44.8 Å². The highest BCUT2D eigenvalue weighted by molar-refractivity contribution is 5.94. The number of carbonyl (C=O) groups is 1. The second kappa shape index (κ2) is 7.51. The molecule has 0 saturated carbocycles. The summed E-state index contributed by atoms with van der Waals surface area (Å²) in [7, 11) is 0. The van der Waals surface area contributed by atoms with Gasteiger partial charge >= 0.3 is 0 Å². The normalized spacial score (nSPS) is 23.7. The first-order valence-electron chi connectivity index (χ1n) is 9.22. The van der Waals surface area contributed by atoms with Gasteiger partial charge in [-0.25, -0.2) is 4.68 Å². The van der Waals surface area contributed by atoms with E-state index >= 15 is 0 Å². The lowest BCUT2D eigenvalue weighted by molar-refractivity contribution is -0.0776. The van der Waals surface area contributed by atoms with E-state index in [2.05, 4.69) is 27.3 Å². The Morgan fingerprint density at radius 1 is 1.23 bits per heavy atom. The van der Waals surface area contributed by atoms with Crippen LogP contribution in [0, 0.1) is 0 Å². The molecule has 0 N–H and O–H groups in total. The molecule has 1 aromatic carbocycles. The number of ether oxygens (including phenoxy) is 1. The number of nitrogens with zero attached hydrogens (tertiary/aromatic N) is 6. The summed E-state index contributed by atoms with van der Waals surface area (Å²) in [5.74, 6) is 0.0746. The molecule has 0 aliphatic carbocycles. The lowest BCUT2D eigenvalue weighted by Gasteiger charge is -2.48. The largest absolute Gasteiger partial charge is 0.378 e. The van der Waals surface area contributed by atoms with Crippen LogP contribution in [0.5, 0.6) is 0 Å². The molecule has 0 radical (unpaired) electrons. The SMILES string of the molecule is CCC[C@H]1COC[C@H]2CN(C(=O)c3ccc(-n4cnnn4)cc3)CCN12. The molecule has 0 unspecified atom stereocenters. The van der Waals surface area contributed by atoms with Gasteiger partial charge in [-0.1, -0.05) is 13.3 Å². The number of fused-ring (bicyclic) bond motifs is 1. The second-order valence-corrected chi connectivity index (χ2v) is 6.92. The number of hydrogen-bond donors (Lipinski definition) is 0. The summed E-state index contributed by atoms with van der Waals surface area (Å²) < 4.78 is 7.36. The van der Waals surface area contributed by atoms with Crippen molar-refractivity contribution in [2.45, 2.75) is 31.8 Å². The zero-order valence-corrected chi connectivity index (χ0v) is 15.0. The van der Waals surface area contributed by atoms with Crippen molar-refractivity contribution in [1.29, 1.82) is 0 Å². The number of hydrogen-bond acceptors (Lipinski definition) is 6. The molecule has 2 aliphatic rings. The van der Waals surface area contributed by atoms with Gasteiger partial charge in [0.1, 0.15) is 6.33 Å². The molecular weight excluding hydrogens is 332 g/mol. The average Bonchev–Trinajstić information content (AvgIpc) is 3.22. The van der Waals surface area contributed by atoms with Gasteiger partial charge in [0.15, 0.2) is 0 Å². The van der Waals surface area contributed by atoms with E-state index in [4.69, 9.17) is 4.74 Å². The Morgan fingerprint density at radius 2 is 2.08 bits per heavy atom. The molecule has 1 amide bonds. The zero-order chi connectivity index (χ0) is 17.9. The van der Waals surface area contributed by atoms with E-state index in [1.165, 1.54) is 6.33 Å². The first-order chi connectivity index (χ1) is 12.8. The van der Waals surface area contributed by atoms with Crippen molar-refractivity contribution in [1.82, 2.24) is 30.0 Å². The number of carbonyl (C=O) groups excluding carboxylic acids is 1. The van der Waals surface area contributed by atoms with Gasteiger partial charge in [-0.3, -0.25) is 9.69 Å². The number of benzene rings is 1. The van der Waals surface area contributed by atoms with Crippen LogP contribution in [0.3, 0.4) is 0 Å². The van der Waals surface area contributed by atoms with E-state index in [1.54, 1.807) is 4.68 Å². The number of morpholine rings is 1. The van der Waals surface area contributed by atoms with E-state index < -0.39 is 0 Å². The summed E-state index contributed by atoms with van der Waals surface area (Å²) in [5.41, 5.74) is 1.52. The third-order valence-corrected chi connectivity index (χ3v) is 5.25. The molecule has 26 heavy (non-hydrogen) atoms. The van der Waals surface area contributed by atoms with Gasteiger partial charge in [0.25, 0.3) is 5.91 Å². The van der Waals surface area contributed by atoms with Crippen LogP contribution < -0.4 is 0 Å². The van der Waals surface area contributed by atoms with Crippen molar-refractivity contribution in [2.24, 2.45) is 0 Å². The monoisotopic (exact) mass is 356 g/mol. The lowest BCUT2D eigenvalue weighted by atomic mass is 10.0. The van der Waals surface area contributed by atoms with Gasteiger partial charge in [0.2, 0.25) is 0 Å². The van der Waals surface area contributed by atoms with Gasteiger partial charge in [-0.2, -0.15) is 0 Å². The maximum Gasteiger partial charge on any atom is 0.253 e. The Hall–Kier alpha value is -2.32. The molecular formula is C18H24N6O2. The molecule has 3 heterocycles. The van der Waals surface area contributed by atoms with E-state index in [0.29, 0.717) is 24.3 Å². The minimum Gasteiger partial charge on any atom is -0.378 e. The van der Waals surface area contributed by atoms with Crippen molar-refractivity contribution >= 4 is 5.91 Å². The van der Waals surface area contributed by atoms with Crippen LogP contribution in [0.4, 0.5) is 0 Å². The molecule has 1 aromatic heterocycles. The summed E-state index contributed by atoms with van der Waals surface area (Å²) in [6.07, 6.45) is 3.85. The zero-order valence-electron chi connectivity index (χ0n) is 15.0. The minimum atomic E-state index is 0.0746. The van der Waals surface area contributed by atoms with Crippen molar-refractivity contribution in [3.05, 3.63) is 36.2 Å². The fraction of sp³-hybridized carbons (Fsp3) is 0.556. The Morgan fingerprint density at radius 3 is 2.81 bits per heavy atom. The fourth-order valence-electron chi connectivity index (χ4n) is 3.92. The third-order valence-electron chi connectivity index (χ3n) is 5.25. The molecule has 2 aliphatic heterocycles. The van der Waals surface area contributed by atoms with E-state index in [9.17, 15) is 4.79 Å². The van der Waals surface area contributed by atoms with Crippen LogP contribution in [-0.2, 0) is 4.74 Å². The van der Waals surface area contributed by atoms with Crippen LogP contribution in [0.15, 0.2) is 30.6 Å². The van der Waals surface area contributed by atoms with Gasteiger partial charge in [0.05, 0.1) is 24.9 Å². The molecule has 0 spiro atoms. The molecule has 138 valence electrons. The van der Waals surface area contributed by atoms with Crippen molar-refractivity contribution in [3.63, 3.8) is 0 Å². The summed E-state index contributed by atoms with van der Waals surface area (Å²) in [4.78, 5) is 17.4. The Kier molecular flexibility index (Phi) is 4.94. The van der Waals surface area contributed by atoms with Crippen LogP contribution in [-0.4, -0.2) is 80.8 Å². The number of tetrazole rings is 1. The minimum absolute atomic E-state index is 0.0746. The molecule has 0 bridgehead atoms. The van der Waals surface area contributed by atoms with Gasteiger partial charge in [0, 0.05) is 31.2 Å². The summed E-state index contributed by atoms with van der Waals surface area (Å²) in [6, 6.07) is 8.19. The quantitative estimate of drug-likeness (QED) is 0.813. The number of rotatable bonds is 4. The maximum atomic E-state index is 12.9. The predicted molar refractivity (Wildman–Crippen MR) is 95.1 cm³/mol. The van der Waals surface area contributed by atoms with Crippen LogP contribution in [0.25, 0.3) is 5.69 Å². The third kappa shape index (κ3) is 3.34. The lowest BCUT2D eigenvalue weighted by Crippen LogP contribution is -2.62. The smallest absolute Gasteiger partial charge is 0.253 e. The van der Waals surface area contributed by atoms with Gasteiger partial charge in [-0.05, 0) is 41.1 Å². The Balaban J connectivity index is 1.43. The number of aromatic nitrogens is 4. The van der Waals surface area contributed by atoms with Crippen molar-refractivity contribution in [2.75, 3.05) is 32.8 Å². The molecule has 4 rings (SSSR count). The fourth-order valence-corrected chi connectivity index (χ4v) is 3.92. The first-order valence-corrected chi connectivity index (χ1v) is 9.22. The number of piperazine rings is 1. The van der Waals surface area contributed by atoms with E-state index in [-0.39, 0.29) is 5.91 Å². The molecule has 2 aromatic rings. The number of amides is 1. The molecule has 8 heteroatoms. The Bertz CT molecular complexity index is 731. The molecule has 8 nitrogen and oxygen atoms in total. The van der Waals surface area contributed by atoms with E-state index in [1.807, 2.05) is 29.2 Å². The predicted octanol–water partition coefficient (Wildman–Crippen LogP) is 0.988. The summed E-state index contributed by atoms with van der Waals surface area (Å²) >= 11 is 0. The molecule has 2 fully saturated rings. The average molecular weight is 356 g/mol. The molecule has 2 atom stereocenters. The van der Waals surface area contributed by atoms with Crippen LogP contribution in [0.1, 0.15) is 30.1 Å². The standard InChI is InChI=1S/C18H24N6O2/c1-2-3-16-11-26-12-17-10-22(8-9-23(16)17)18(25)14-4-6-15(7-5-14)24-13-19-20-21-24/h4-7,13,16-17H,2-3,8-12H2,1H3/t16-,17+/m0/s1. The van der Waals surface area contributed by atoms with Crippen molar-refractivity contribution < 1.29 is 9.53 Å². The summed E-state index contributed by atoms with van der Waals surface area (Å²) in [6.45, 7) is 6.16. The highest BCUT2D eigenvalue weighted by atomic mass is 16.5. The second-order valence-electron chi connectivity index (χ2n) is 6.92. The topological polar surface area (TPSA) is 76.4 Å². The van der Waals surface area contributed by atoms with Crippen LogP contribution >= 0.6 is 0 Å². The van der Waals surface area contributed by atoms with Gasteiger partial charge < -0.3 is 9.64 Å².